The van der Waals surface area contributed by atoms with Crippen LogP contribution >= 0.6 is 0 Å². The van der Waals surface area contributed by atoms with Crippen LogP contribution in [0.15, 0.2) is 24.3 Å². The van der Waals surface area contributed by atoms with E-state index in [1.165, 1.54) is 25.7 Å². The zero-order valence-corrected chi connectivity index (χ0v) is 18.0. The molecule has 30 heavy (non-hydrogen) atoms. The molecule has 0 radical (unpaired) electrons. The zero-order chi connectivity index (χ0) is 21.8. The van der Waals surface area contributed by atoms with Gasteiger partial charge in [0, 0.05) is 6.04 Å². The van der Waals surface area contributed by atoms with Gasteiger partial charge in [0.15, 0.2) is 6.10 Å². The summed E-state index contributed by atoms with van der Waals surface area (Å²) in [6.07, 6.45) is 4.03. The molecule has 3 rings (SSSR count). The lowest BCUT2D eigenvalue weighted by Crippen LogP contribution is -2.45. The molecular weight excluding hydrogens is 382 g/mol. The number of esters is 1. The van der Waals surface area contributed by atoms with Crippen molar-refractivity contribution >= 4 is 17.9 Å². The Hall–Kier alpha value is -2.57. The van der Waals surface area contributed by atoms with Gasteiger partial charge in [-0.1, -0.05) is 36.2 Å². The number of primary amides is 1. The fourth-order valence-electron chi connectivity index (χ4n) is 5.13. The van der Waals surface area contributed by atoms with E-state index in [0.717, 1.165) is 17.0 Å². The molecule has 0 saturated heterocycles. The topological polar surface area (TPSA) is 111 Å². The van der Waals surface area contributed by atoms with E-state index in [1.54, 1.807) is 6.92 Å². The number of benzene rings is 1. The Labute approximate surface area is 178 Å². The first-order valence-electron chi connectivity index (χ1n) is 10.8. The number of carbonyl (C=O) groups excluding carboxylic acids is 3. The highest BCUT2D eigenvalue weighted by atomic mass is 16.5. The van der Waals surface area contributed by atoms with Crippen molar-refractivity contribution in [2.45, 2.75) is 71.1 Å². The van der Waals surface area contributed by atoms with E-state index in [2.05, 4.69) is 10.6 Å². The SMILES string of the molecule is Cc1cccc(C(CC(=O)OC(C)C(=O)NC(C)C2CC3CCC2C3)NC(N)=O)c1. The maximum Gasteiger partial charge on any atom is 0.312 e. The zero-order valence-electron chi connectivity index (χ0n) is 18.0. The third kappa shape index (κ3) is 5.52. The van der Waals surface area contributed by atoms with Crippen LogP contribution in [0.25, 0.3) is 0 Å². The number of urea groups is 1. The van der Waals surface area contributed by atoms with Gasteiger partial charge >= 0.3 is 12.0 Å². The summed E-state index contributed by atoms with van der Waals surface area (Å²) < 4.78 is 5.36. The van der Waals surface area contributed by atoms with Crippen molar-refractivity contribution in [1.29, 1.82) is 0 Å². The number of rotatable bonds is 8. The molecule has 164 valence electrons. The van der Waals surface area contributed by atoms with Gasteiger partial charge < -0.3 is 21.1 Å². The van der Waals surface area contributed by atoms with Gasteiger partial charge in [-0.3, -0.25) is 9.59 Å². The number of hydrogen-bond donors (Lipinski definition) is 3. The summed E-state index contributed by atoms with van der Waals surface area (Å²) in [4.78, 5) is 36.4. The molecule has 0 aliphatic heterocycles. The van der Waals surface area contributed by atoms with Gasteiger partial charge in [0.05, 0.1) is 12.5 Å². The molecule has 0 heterocycles. The Morgan fingerprint density at radius 2 is 1.93 bits per heavy atom. The summed E-state index contributed by atoms with van der Waals surface area (Å²) in [7, 11) is 0. The van der Waals surface area contributed by atoms with Crippen LogP contribution < -0.4 is 16.4 Å². The molecule has 0 spiro atoms. The van der Waals surface area contributed by atoms with Gasteiger partial charge in [-0.05, 0) is 63.4 Å². The molecule has 2 bridgehead atoms. The highest BCUT2D eigenvalue weighted by Crippen LogP contribution is 2.49. The highest BCUT2D eigenvalue weighted by molar-refractivity contribution is 5.84. The number of carbonyl (C=O) groups is 3. The van der Waals surface area contributed by atoms with Crippen LogP contribution in [0.3, 0.4) is 0 Å². The maximum absolute atomic E-state index is 12.6. The standard InChI is InChI=1S/C23H33N3O4/c1-13-5-4-6-18(9-13)20(26-23(24)29)12-21(27)30-15(3)22(28)25-14(2)19-11-16-7-8-17(19)10-16/h4-6,9,14-17,19-20H,7-8,10-12H2,1-3H3,(H,25,28)(H3,24,26,29). The predicted octanol–water partition coefficient (Wildman–Crippen LogP) is 2.97. The molecule has 1 aromatic rings. The Morgan fingerprint density at radius 3 is 2.53 bits per heavy atom. The number of ether oxygens (including phenoxy) is 1. The molecule has 7 heteroatoms. The third-order valence-electron chi connectivity index (χ3n) is 6.61. The van der Waals surface area contributed by atoms with Gasteiger partial charge in [-0.2, -0.15) is 0 Å². The Morgan fingerprint density at radius 1 is 1.17 bits per heavy atom. The lowest BCUT2D eigenvalue weighted by atomic mass is 9.84. The summed E-state index contributed by atoms with van der Waals surface area (Å²) in [5, 5.41) is 5.61. The van der Waals surface area contributed by atoms with Crippen molar-refractivity contribution in [3.63, 3.8) is 0 Å². The average Bonchev–Trinajstić information content (AvgIpc) is 3.30. The first kappa shape index (κ1) is 22.1. The van der Waals surface area contributed by atoms with E-state index in [-0.39, 0.29) is 18.4 Å². The Kier molecular flexibility index (Phi) is 7.00. The number of nitrogens with two attached hydrogens (primary N) is 1. The van der Waals surface area contributed by atoms with Crippen LogP contribution in [0.2, 0.25) is 0 Å². The van der Waals surface area contributed by atoms with Crippen molar-refractivity contribution in [2.24, 2.45) is 23.5 Å². The first-order valence-corrected chi connectivity index (χ1v) is 10.8. The van der Waals surface area contributed by atoms with Gasteiger partial charge in [0.2, 0.25) is 0 Å². The molecule has 2 aliphatic rings. The maximum atomic E-state index is 12.6. The third-order valence-corrected chi connectivity index (χ3v) is 6.61. The van der Waals surface area contributed by atoms with E-state index in [4.69, 9.17) is 10.5 Å². The van der Waals surface area contributed by atoms with Crippen molar-refractivity contribution < 1.29 is 19.1 Å². The molecule has 2 aliphatic carbocycles. The summed E-state index contributed by atoms with van der Waals surface area (Å²) in [6, 6.07) is 6.20. The van der Waals surface area contributed by atoms with Crippen LogP contribution in [-0.4, -0.2) is 30.1 Å². The van der Waals surface area contributed by atoms with E-state index in [1.807, 2.05) is 38.1 Å². The molecule has 2 fully saturated rings. The van der Waals surface area contributed by atoms with Gasteiger partial charge in [0.25, 0.3) is 5.91 Å². The van der Waals surface area contributed by atoms with E-state index in [0.29, 0.717) is 11.8 Å². The minimum atomic E-state index is -0.898. The smallest absolute Gasteiger partial charge is 0.312 e. The van der Waals surface area contributed by atoms with Crippen molar-refractivity contribution in [2.75, 3.05) is 0 Å². The second-order valence-electron chi connectivity index (χ2n) is 8.95. The molecule has 6 atom stereocenters. The molecular formula is C23H33N3O4. The van der Waals surface area contributed by atoms with E-state index in [9.17, 15) is 14.4 Å². The summed E-state index contributed by atoms with van der Waals surface area (Å²) in [5.74, 6) is 1.18. The second kappa shape index (κ2) is 9.49. The first-order chi connectivity index (χ1) is 14.2. The number of aryl methyl sites for hydroxylation is 1. The Balaban J connectivity index is 1.52. The molecule has 6 unspecified atom stereocenters. The number of fused-ring (bicyclic) bond motifs is 2. The van der Waals surface area contributed by atoms with E-state index < -0.39 is 24.1 Å². The lowest BCUT2D eigenvalue weighted by Gasteiger charge is -2.29. The molecule has 4 N–H and O–H groups in total. The molecule has 7 nitrogen and oxygen atoms in total. The molecule has 1 aromatic carbocycles. The summed E-state index contributed by atoms with van der Waals surface area (Å²) in [5.41, 5.74) is 7.02. The van der Waals surface area contributed by atoms with Gasteiger partial charge in [-0.25, -0.2) is 4.79 Å². The van der Waals surface area contributed by atoms with Crippen molar-refractivity contribution in [1.82, 2.24) is 10.6 Å². The normalized spacial score (nSPS) is 25.2. The van der Waals surface area contributed by atoms with Gasteiger partial charge in [0.1, 0.15) is 0 Å². The van der Waals surface area contributed by atoms with Crippen molar-refractivity contribution in [3.05, 3.63) is 35.4 Å². The molecule has 0 aromatic heterocycles. The Bertz CT molecular complexity index is 796. The molecule has 2 saturated carbocycles. The minimum Gasteiger partial charge on any atom is -0.452 e. The van der Waals surface area contributed by atoms with Crippen LogP contribution in [-0.2, 0) is 14.3 Å². The summed E-state index contributed by atoms with van der Waals surface area (Å²) in [6.45, 7) is 5.54. The van der Waals surface area contributed by atoms with Crippen LogP contribution in [0.5, 0.6) is 0 Å². The highest BCUT2D eigenvalue weighted by Gasteiger charge is 2.42. The molecule has 3 amide bonds. The number of hydrogen-bond acceptors (Lipinski definition) is 4. The average molecular weight is 416 g/mol. The largest absolute Gasteiger partial charge is 0.452 e. The van der Waals surface area contributed by atoms with Crippen LogP contribution in [0.4, 0.5) is 4.79 Å². The van der Waals surface area contributed by atoms with Crippen LogP contribution in [0, 0.1) is 24.7 Å². The fourth-order valence-corrected chi connectivity index (χ4v) is 5.13. The predicted molar refractivity (Wildman–Crippen MR) is 113 cm³/mol. The second-order valence-corrected chi connectivity index (χ2v) is 8.95. The fraction of sp³-hybridized carbons (Fsp3) is 0.609. The van der Waals surface area contributed by atoms with Crippen LogP contribution in [0.1, 0.15) is 63.1 Å². The van der Waals surface area contributed by atoms with E-state index >= 15 is 0 Å². The van der Waals surface area contributed by atoms with Crippen molar-refractivity contribution in [3.8, 4) is 0 Å². The minimum absolute atomic E-state index is 0.0746. The van der Waals surface area contributed by atoms with Gasteiger partial charge in [-0.15, -0.1) is 0 Å². The monoisotopic (exact) mass is 415 g/mol. The lowest BCUT2D eigenvalue weighted by molar-refractivity contribution is -0.155. The summed E-state index contributed by atoms with van der Waals surface area (Å²) >= 11 is 0. The number of nitrogens with one attached hydrogen (secondary N) is 2. The number of amides is 3. The quantitative estimate of drug-likeness (QED) is 0.567.